The van der Waals surface area contributed by atoms with E-state index in [1.165, 1.54) is 20.0 Å². The molecule has 0 spiro atoms. The van der Waals surface area contributed by atoms with Crippen LogP contribution in [-0.4, -0.2) is 25.1 Å². The number of halogens is 2. The molecule has 2 heterocycles. The first-order chi connectivity index (χ1) is 12.3. The van der Waals surface area contributed by atoms with Crippen LogP contribution in [-0.2, 0) is 19.9 Å². The van der Waals surface area contributed by atoms with Crippen LogP contribution < -0.4 is 5.56 Å². The van der Waals surface area contributed by atoms with E-state index in [-0.39, 0.29) is 34.0 Å². The molecule has 0 saturated heterocycles. The van der Waals surface area contributed by atoms with Crippen molar-refractivity contribution in [3.05, 3.63) is 56.4 Å². The molecule has 3 rings (SSSR count). The van der Waals surface area contributed by atoms with Gasteiger partial charge in [-0.2, -0.15) is 5.10 Å². The molecular weight excluding hydrogens is 363 g/mol. The summed E-state index contributed by atoms with van der Waals surface area (Å²) in [6, 6.07) is 2.57. The van der Waals surface area contributed by atoms with Gasteiger partial charge in [0.05, 0.1) is 5.56 Å². The second kappa shape index (κ2) is 6.87. The van der Waals surface area contributed by atoms with Crippen molar-refractivity contribution < 1.29 is 13.9 Å². The zero-order chi connectivity index (χ0) is 19.0. The average Bonchev–Trinajstić information content (AvgIpc) is 3.01. The lowest BCUT2D eigenvalue weighted by Gasteiger charge is -2.14. The van der Waals surface area contributed by atoms with Crippen molar-refractivity contribution >= 4 is 11.6 Å². The molecule has 0 aliphatic heterocycles. The molecule has 2 aromatic heterocycles. The highest BCUT2D eigenvalue weighted by Crippen LogP contribution is 2.36. The summed E-state index contributed by atoms with van der Waals surface area (Å²) >= 11 is 6.27. The molecule has 0 amide bonds. The van der Waals surface area contributed by atoms with Gasteiger partial charge in [0.15, 0.2) is 5.75 Å². The summed E-state index contributed by atoms with van der Waals surface area (Å²) < 4.78 is 21.1. The fraction of sp³-hybridized carbons (Fsp3) is 0.294. The van der Waals surface area contributed by atoms with Crippen LogP contribution in [0.5, 0.6) is 5.75 Å². The van der Waals surface area contributed by atoms with E-state index >= 15 is 0 Å². The maximum absolute atomic E-state index is 14.7. The van der Waals surface area contributed by atoms with Gasteiger partial charge >= 0.3 is 0 Å². The van der Waals surface area contributed by atoms with Crippen molar-refractivity contribution in [2.24, 2.45) is 7.05 Å². The van der Waals surface area contributed by atoms with Crippen molar-refractivity contribution in [2.45, 2.75) is 26.7 Å². The summed E-state index contributed by atoms with van der Waals surface area (Å²) in [6.07, 6.45) is 0.555. The van der Waals surface area contributed by atoms with Crippen molar-refractivity contribution in [2.75, 3.05) is 0 Å². The fourth-order valence-electron chi connectivity index (χ4n) is 2.77. The predicted octanol–water partition coefficient (Wildman–Crippen LogP) is 2.73. The SMILES string of the molecule is Cc1nnc(CCc2c(Cl)ccc(F)c2-c2c(O)c(C)nn(C)c2=O)o1. The topological polar surface area (TPSA) is 94.0 Å². The molecule has 9 heteroatoms. The van der Waals surface area contributed by atoms with Crippen molar-refractivity contribution in [1.29, 1.82) is 0 Å². The third-order valence-electron chi connectivity index (χ3n) is 4.00. The molecule has 0 saturated carbocycles. The highest BCUT2D eigenvalue weighted by Gasteiger charge is 2.23. The zero-order valence-electron chi connectivity index (χ0n) is 14.4. The molecule has 1 N–H and O–H groups in total. The molecule has 0 fully saturated rings. The number of benzene rings is 1. The summed E-state index contributed by atoms with van der Waals surface area (Å²) in [5.41, 5.74) is -0.251. The van der Waals surface area contributed by atoms with Crippen LogP contribution in [0.15, 0.2) is 21.3 Å². The lowest BCUT2D eigenvalue weighted by atomic mass is 9.95. The Hall–Kier alpha value is -2.74. The van der Waals surface area contributed by atoms with Crippen LogP contribution >= 0.6 is 11.6 Å². The Morgan fingerprint density at radius 2 is 1.96 bits per heavy atom. The molecular formula is C17H16ClFN4O3. The molecule has 26 heavy (non-hydrogen) atoms. The maximum Gasteiger partial charge on any atom is 0.278 e. The van der Waals surface area contributed by atoms with E-state index in [9.17, 15) is 14.3 Å². The van der Waals surface area contributed by atoms with Gasteiger partial charge < -0.3 is 9.52 Å². The second-order valence-electron chi connectivity index (χ2n) is 5.84. The molecule has 7 nitrogen and oxygen atoms in total. The minimum Gasteiger partial charge on any atom is -0.505 e. The van der Waals surface area contributed by atoms with Gasteiger partial charge in [-0.3, -0.25) is 4.79 Å². The van der Waals surface area contributed by atoms with E-state index in [1.807, 2.05) is 0 Å². The lowest BCUT2D eigenvalue weighted by molar-refractivity contribution is 0.459. The number of rotatable bonds is 4. The van der Waals surface area contributed by atoms with Crippen LogP contribution in [0.2, 0.25) is 5.02 Å². The zero-order valence-corrected chi connectivity index (χ0v) is 15.1. The van der Waals surface area contributed by atoms with Crippen molar-refractivity contribution in [1.82, 2.24) is 20.0 Å². The van der Waals surface area contributed by atoms with Crippen LogP contribution in [0, 0.1) is 19.7 Å². The van der Waals surface area contributed by atoms with Crippen LogP contribution in [0.3, 0.4) is 0 Å². The van der Waals surface area contributed by atoms with E-state index in [0.717, 1.165) is 10.7 Å². The van der Waals surface area contributed by atoms with E-state index in [2.05, 4.69) is 15.3 Å². The Morgan fingerprint density at radius 1 is 1.23 bits per heavy atom. The van der Waals surface area contributed by atoms with Crippen molar-refractivity contribution in [3.63, 3.8) is 0 Å². The second-order valence-corrected chi connectivity index (χ2v) is 6.24. The predicted molar refractivity (Wildman–Crippen MR) is 92.7 cm³/mol. The Labute approximate surface area is 153 Å². The molecule has 0 radical (unpaired) electrons. The first-order valence-corrected chi connectivity index (χ1v) is 8.20. The standard InChI is InChI=1S/C17H16ClFN4O3/c1-8-16(24)15(17(25)23(3)22-8)14-10(11(18)5-6-12(14)19)4-7-13-21-20-9(2)26-13/h5-6,24H,4,7H2,1-3H3. The summed E-state index contributed by atoms with van der Waals surface area (Å²) in [4.78, 5) is 12.5. The van der Waals surface area contributed by atoms with E-state index in [0.29, 0.717) is 23.8 Å². The molecule has 3 aromatic rings. The highest BCUT2D eigenvalue weighted by atomic mass is 35.5. The Kier molecular flexibility index (Phi) is 4.78. The number of aromatic nitrogens is 4. The number of hydrogen-bond acceptors (Lipinski definition) is 6. The number of hydrogen-bond donors (Lipinski definition) is 1. The average molecular weight is 379 g/mol. The van der Waals surface area contributed by atoms with Gasteiger partial charge in [0.1, 0.15) is 11.5 Å². The third-order valence-corrected chi connectivity index (χ3v) is 4.35. The van der Waals surface area contributed by atoms with Crippen LogP contribution in [0.1, 0.15) is 23.0 Å². The number of aryl methyl sites for hydroxylation is 4. The largest absolute Gasteiger partial charge is 0.505 e. The number of nitrogens with zero attached hydrogens (tertiary/aromatic N) is 4. The maximum atomic E-state index is 14.7. The Bertz CT molecular complexity index is 1050. The first-order valence-electron chi connectivity index (χ1n) is 7.82. The molecule has 0 bridgehead atoms. The fourth-order valence-corrected chi connectivity index (χ4v) is 3.02. The molecule has 136 valence electrons. The summed E-state index contributed by atoms with van der Waals surface area (Å²) in [5.74, 6) is -0.244. The summed E-state index contributed by atoms with van der Waals surface area (Å²) in [5, 5.41) is 22.2. The normalized spacial score (nSPS) is 11.1. The van der Waals surface area contributed by atoms with E-state index in [4.69, 9.17) is 16.0 Å². The van der Waals surface area contributed by atoms with Gasteiger partial charge in [-0.25, -0.2) is 9.07 Å². The van der Waals surface area contributed by atoms with Crippen LogP contribution in [0.25, 0.3) is 11.1 Å². The van der Waals surface area contributed by atoms with Gasteiger partial charge in [-0.15, -0.1) is 10.2 Å². The van der Waals surface area contributed by atoms with E-state index in [1.54, 1.807) is 6.92 Å². The smallest absolute Gasteiger partial charge is 0.278 e. The van der Waals surface area contributed by atoms with Gasteiger partial charge in [0, 0.05) is 31.0 Å². The minimum atomic E-state index is -0.663. The lowest BCUT2D eigenvalue weighted by Crippen LogP contribution is -2.23. The molecule has 0 unspecified atom stereocenters. The minimum absolute atomic E-state index is 0.0441. The molecule has 0 aliphatic rings. The van der Waals surface area contributed by atoms with Gasteiger partial charge in [-0.05, 0) is 31.0 Å². The Balaban J connectivity index is 2.17. The van der Waals surface area contributed by atoms with Crippen molar-refractivity contribution in [3.8, 4) is 16.9 Å². The monoisotopic (exact) mass is 378 g/mol. The van der Waals surface area contributed by atoms with Gasteiger partial charge in [0.25, 0.3) is 5.56 Å². The molecule has 1 aromatic carbocycles. The van der Waals surface area contributed by atoms with E-state index < -0.39 is 11.4 Å². The summed E-state index contributed by atoms with van der Waals surface area (Å²) in [7, 11) is 1.43. The quantitative estimate of drug-likeness (QED) is 0.750. The van der Waals surface area contributed by atoms with Crippen LogP contribution in [0.4, 0.5) is 4.39 Å². The highest BCUT2D eigenvalue weighted by molar-refractivity contribution is 6.31. The molecule has 0 atom stereocenters. The Morgan fingerprint density at radius 3 is 2.62 bits per heavy atom. The van der Waals surface area contributed by atoms with Gasteiger partial charge in [-0.1, -0.05) is 11.6 Å². The van der Waals surface area contributed by atoms with Gasteiger partial charge in [0.2, 0.25) is 11.8 Å². The number of aromatic hydroxyl groups is 1. The molecule has 0 aliphatic carbocycles. The summed E-state index contributed by atoms with van der Waals surface area (Å²) in [6.45, 7) is 3.19. The first kappa shape index (κ1) is 18.1. The third kappa shape index (κ3) is 3.20.